The second-order valence-electron chi connectivity index (χ2n) is 5.13. The third kappa shape index (κ3) is 2.96. The minimum absolute atomic E-state index is 0.845. The molecule has 1 N–H and O–H groups in total. The molecule has 2 fully saturated rings. The number of nitrogens with zero attached hydrogens (tertiary/aromatic N) is 1. The molecule has 0 radical (unpaired) electrons. The van der Waals surface area contributed by atoms with E-state index in [9.17, 15) is 0 Å². The van der Waals surface area contributed by atoms with Gasteiger partial charge in [-0.25, -0.2) is 0 Å². The van der Waals surface area contributed by atoms with Gasteiger partial charge in [-0.1, -0.05) is 6.42 Å². The minimum Gasteiger partial charge on any atom is -0.314 e. The van der Waals surface area contributed by atoms with Crippen LogP contribution in [-0.4, -0.2) is 37.6 Å². The molecule has 0 spiro atoms. The summed E-state index contributed by atoms with van der Waals surface area (Å²) in [5, 5.41) is 3.66. The van der Waals surface area contributed by atoms with Gasteiger partial charge in [0.2, 0.25) is 0 Å². The first kappa shape index (κ1) is 10.4. The summed E-state index contributed by atoms with van der Waals surface area (Å²) in [6, 6.07) is 0.845. The van der Waals surface area contributed by atoms with Gasteiger partial charge in [0.05, 0.1) is 0 Å². The first-order valence-electron chi connectivity index (χ1n) is 6.26. The highest BCUT2D eigenvalue weighted by molar-refractivity contribution is 4.78. The highest BCUT2D eigenvalue weighted by Crippen LogP contribution is 2.23. The molecule has 2 aliphatic heterocycles. The molecule has 0 saturated carbocycles. The molecule has 2 heteroatoms. The van der Waals surface area contributed by atoms with Gasteiger partial charge in [-0.05, 0) is 64.7 Å². The minimum atomic E-state index is 0.845. The van der Waals surface area contributed by atoms with E-state index in [0.29, 0.717) is 0 Å². The predicted molar refractivity (Wildman–Crippen MR) is 60.5 cm³/mol. The molecular weight excluding hydrogens is 172 g/mol. The third-order valence-corrected chi connectivity index (χ3v) is 3.87. The summed E-state index contributed by atoms with van der Waals surface area (Å²) >= 11 is 0. The van der Waals surface area contributed by atoms with E-state index in [1.165, 1.54) is 58.2 Å². The number of nitrogens with one attached hydrogen (secondary N) is 1. The molecule has 0 aromatic rings. The third-order valence-electron chi connectivity index (χ3n) is 3.87. The number of hydrogen-bond acceptors (Lipinski definition) is 2. The standard InChI is InChI=1S/C12H24N2/c1-14-8-5-11(6-9-14)10-12-4-2-3-7-13-12/h11-13H,2-10H2,1H3/t12-/m1/s1. The molecule has 2 aliphatic rings. The van der Waals surface area contributed by atoms with Crippen LogP contribution in [0.3, 0.4) is 0 Å². The maximum atomic E-state index is 3.66. The molecule has 0 aliphatic carbocycles. The second kappa shape index (κ2) is 5.13. The summed E-state index contributed by atoms with van der Waals surface area (Å²) in [5.74, 6) is 1.00. The lowest BCUT2D eigenvalue weighted by molar-refractivity contribution is 0.193. The van der Waals surface area contributed by atoms with Crippen molar-refractivity contribution in [1.29, 1.82) is 0 Å². The van der Waals surface area contributed by atoms with Gasteiger partial charge in [-0.2, -0.15) is 0 Å². The van der Waals surface area contributed by atoms with Crippen LogP contribution in [0, 0.1) is 5.92 Å². The van der Waals surface area contributed by atoms with E-state index in [4.69, 9.17) is 0 Å². The lowest BCUT2D eigenvalue weighted by Gasteiger charge is -2.33. The molecule has 2 saturated heterocycles. The Hall–Kier alpha value is -0.0800. The number of hydrogen-bond donors (Lipinski definition) is 1. The average molecular weight is 196 g/mol. The van der Waals surface area contributed by atoms with Crippen LogP contribution in [0.4, 0.5) is 0 Å². The van der Waals surface area contributed by atoms with Gasteiger partial charge in [0, 0.05) is 6.04 Å². The van der Waals surface area contributed by atoms with Crippen molar-refractivity contribution in [2.45, 2.75) is 44.6 Å². The van der Waals surface area contributed by atoms with E-state index in [0.717, 1.165) is 12.0 Å². The fourth-order valence-corrected chi connectivity index (χ4v) is 2.83. The van der Waals surface area contributed by atoms with Crippen molar-refractivity contribution >= 4 is 0 Å². The molecule has 2 rings (SSSR count). The number of likely N-dealkylation sites (tertiary alicyclic amines) is 1. The zero-order chi connectivity index (χ0) is 9.80. The van der Waals surface area contributed by atoms with Crippen LogP contribution in [0.25, 0.3) is 0 Å². The Kier molecular flexibility index (Phi) is 3.82. The number of rotatable bonds is 2. The molecule has 0 aromatic carbocycles. The van der Waals surface area contributed by atoms with Crippen LogP contribution in [0.1, 0.15) is 38.5 Å². The topological polar surface area (TPSA) is 15.3 Å². The van der Waals surface area contributed by atoms with Crippen LogP contribution >= 0.6 is 0 Å². The zero-order valence-corrected chi connectivity index (χ0v) is 9.47. The van der Waals surface area contributed by atoms with E-state index in [2.05, 4.69) is 17.3 Å². The normalized spacial score (nSPS) is 31.9. The molecule has 0 bridgehead atoms. The van der Waals surface area contributed by atoms with Gasteiger partial charge < -0.3 is 10.2 Å². The Bertz CT molecular complexity index is 156. The number of piperidine rings is 2. The van der Waals surface area contributed by atoms with Gasteiger partial charge in [0.25, 0.3) is 0 Å². The fraction of sp³-hybridized carbons (Fsp3) is 1.00. The summed E-state index contributed by atoms with van der Waals surface area (Å²) in [4.78, 5) is 2.46. The lowest BCUT2D eigenvalue weighted by Crippen LogP contribution is -2.38. The van der Waals surface area contributed by atoms with Crippen molar-refractivity contribution in [2.75, 3.05) is 26.7 Å². The van der Waals surface area contributed by atoms with Crippen molar-refractivity contribution in [3.63, 3.8) is 0 Å². The first-order chi connectivity index (χ1) is 6.84. The van der Waals surface area contributed by atoms with Gasteiger partial charge in [0.1, 0.15) is 0 Å². The van der Waals surface area contributed by atoms with Crippen LogP contribution < -0.4 is 5.32 Å². The lowest BCUT2D eigenvalue weighted by atomic mass is 9.87. The summed E-state index contributed by atoms with van der Waals surface area (Å²) in [6.07, 6.45) is 8.55. The fourth-order valence-electron chi connectivity index (χ4n) is 2.83. The Morgan fingerprint density at radius 1 is 1.14 bits per heavy atom. The van der Waals surface area contributed by atoms with E-state index < -0.39 is 0 Å². The quantitative estimate of drug-likeness (QED) is 0.725. The first-order valence-corrected chi connectivity index (χ1v) is 6.26. The van der Waals surface area contributed by atoms with Gasteiger partial charge in [0.15, 0.2) is 0 Å². The Morgan fingerprint density at radius 2 is 1.93 bits per heavy atom. The van der Waals surface area contributed by atoms with Crippen LogP contribution in [-0.2, 0) is 0 Å². The smallest absolute Gasteiger partial charge is 0.00697 e. The van der Waals surface area contributed by atoms with Crippen molar-refractivity contribution in [1.82, 2.24) is 10.2 Å². The molecule has 0 unspecified atom stereocenters. The highest BCUT2D eigenvalue weighted by Gasteiger charge is 2.21. The Balaban J connectivity index is 1.68. The molecule has 82 valence electrons. The predicted octanol–water partition coefficient (Wildman–Crippen LogP) is 1.86. The van der Waals surface area contributed by atoms with E-state index in [1.807, 2.05) is 0 Å². The average Bonchev–Trinajstić information content (AvgIpc) is 2.23. The highest BCUT2D eigenvalue weighted by atomic mass is 15.1. The monoisotopic (exact) mass is 196 g/mol. The van der Waals surface area contributed by atoms with E-state index in [1.54, 1.807) is 0 Å². The van der Waals surface area contributed by atoms with Crippen molar-refractivity contribution < 1.29 is 0 Å². The summed E-state index contributed by atoms with van der Waals surface area (Å²) in [5.41, 5.74) is 0. The molecule has 0 amide bonds. The van der Waals surface area contributed by atoms with Gasteiger partial charge >= 0.3 is 0 Å². The maximum absolute atomic E-state index is 3.66. The SMILES string of the molecule is CN1CCC(C[C@H]2CCCCN2)CC1. The Morgan fingerprint density at radius 3 is 2.57 bits per heavy atom. The largest absolute Gasteiger partial charge is 0.314 e. The van der Waals surface area contributed by atoms with Crippen LogP contribution in [0.15, 0.2) is 0 Å². The summed E-state index contributed by atoms with van der Waals surface area (Å²) < 4.78 is 0. The van der Waals surface area contributed by atoms with Crippen LogP contribution in [0.2, 0.25) is 0 Å². The zero-order valence-electron chi connectivity index (χ0n) is 9.47. The van der Waals surface area contributed by atoms with E-state index in [-0.39, 0.29) is 0 Å². The maximum Gasteiger partial charge on any atom is 0.00697 e. The van der Waals surface area contributed by atoms with Gasteiger partial charge in [-0.3, -0.25) is 0 Å². The molecule has 1 atom stereocenters. The molecule has 0 aromatic heterocycles. The Labute approximate surface area is 88.1 Å². The van der Waals surface area contributed by atoms with Gasteiger partial charge in [-0.15, -0.1) is 0 Å². The molecular formula is C12H24N2. The van der Waals surface area contributed by atoms with Crippen molar-refractivity contribution in [2.24, 2.45) is 5.92 Å². The van der Waals surface area contributed by atoms with E-state index >= 15 is 0 Å². The molecule has 14 heavy (non-hydrogen) atoms. The van der Waals surface area contributed by atoms with Crippen LogP contribution in [0.5, 0.6) is 0 Å². The molecule has 2 heterocycles. The van der Waals surface area contributed by atoms with Crippen molar-refractivity contribution in [3.05, 3.63) is 0 Å². The summed E-state index contributed by atoms with van der Waals surface area (Å²) in [6.45, 7) is 3.89. The second-order valence-corrected chi connectivity index (χ2v) is 5.13. The summed E-state index contributed by atoms with van der Waals surface area (Å²) in [7, 11) is 2.25. The molecule has 2 nitrogen and oxygen atoms in total. The van der Waals surface area contributed by atoms with Crippen molar-refractivity contribution in [3.8, 4) is 0 Å².